The molecule has 0 heterocycles. The maximum absolute atomic E-state index is 16.3. The van der Waals surface area contributed by atoms with Crippen LogP contribution in [0.25, 0.3) is 33.4 Å². The average Bonchev–Trinajstić information content (AvgIpc) is 2.83. The van der Waals surface area contributed by atoms with Gasteiger partial charge in [-0.1, -0.05) is 48.0 Å². The van der Waals surface area contributed by atoms with Gasteiger partial charge >= 0.3 is 6.18 Å². The molecule has 4 aromatic rings. The molecule has 0 atom stereocenters. The molecule has 4 aromatic carbocycles. The van der Waals surface area contributed by atoms with Crippen LogP contribution < -0.4 is 9.47 Å². The lowest BCUT2D eigenvalue weighted by molar-refractivity contribution is -0.137. The molecule has 0 radical (unpaired) electrons. The SMILES string of the molecule is COc1ccccc1-c1cc(F)c(-c2cc(C(F)(F)F)ccc2OC)c(F)c1-c1cccc(C)c1. The molecule has 0 aliphatic carbocycles. The lowest BCUT2D eigenvalue weighted by Gasteiger charge is -2.20. The smallest absolute Gasteiger partial charge is 0.416 e. The van der Waals surface area contributed by atoms with Crippen LogP contribution in [0.2, 0.25) is 0 Å². The summed E-state index contributed by atoms with van der Waals surface area (Å²) >= 11 is 0. The summed E-state index contributed by atoms with van der Waals surface area (Å²) in [7, 11) is 2.67. The van der Waals surface area contributed by atoms with Crippen LogP contribution in [0, 0.1) is 18.6 Å². The first-order chi connectivity index (χ1) is 16.7. The fourth-order valence-electron chi connectivity index (χ4n) is 4.11. The van der Waals surface area contributed by atoms with Gasteiger partial charge in [-0.25, -0.2) is 8.78 Å². The molecule has 0 saturated carbocycles. The second-order valence-electron chi connectivity index (χ2n) is 7.95. The van der Waals surface area contributed by atoms with Gasteiger partial charge in [-0.3, -0.25) is 0 Å². The van der Waals surface area contributed by atoms with Crippen molar-refractivity contribution in [3.8, 4) is 44.9 Å². The highest BCUT2D eigenvalue weighted by atomic mass is 19.4. The molecule has 0 saturated heterocycles. The minimum atomic E-state index is -4.70. The Morgan fingerprint density at radius 1 is 0.657 bits per heavy atom. The summed E-state index contributed by atoms with van der Waals surface area (Å²) in [5.41, 5.74) is -0.0383. The van der Waals surface area contributed by atoms with Crippen molar-refractivity contribution in [1.82, 2.24) is 0 Å². The Labute approximate surface area is 199 Å². The van der Waals surface area contributed by atoms with Gasteiger partial charge in [-0.15, -0.1) is 0 Å². The molecule has 35 heavy (non-hydrogen) atoms. The molecule has 180 valence electrons. The molecule has 0 aromatic heterocycles. The van der Waals surface area contributed by atoms with Crippen LogP contribution >= 0.6 is 0 Å². The van der Waals surface area contributed by atoms with E-state index in [1.807, 2.05) is 13.0 Å². The Hall–Kier alpha value is -3.87. The fourth-order valence-corrected chi connectivity index (χ4v) is 4.11. The molecule has 2 nitrogen and oxygen atoms in total. The first-order valence-electron chi connectivity index (χ1n) is 10.6. The summed E-state index contributed by atoms with van der Waals surface area (Å²) < 4.78 is 82.9. The predicted octanol–water partition coefficient (Wildman–Crippen LogP) is 8.31. The Morgan fingerprint density at radius 2 is 1.34 bits per heavy atom. The quantitative estimate of drug-likeness (QED) is 0.265. The number of aryl methyl sites for hydroxylation is 1. The standard InChI is InChI=1S/C28H21F5O2/c1-16-7-6-8-17(13-16)25-20(19-9-4-5-10-23(19)34-2)15-22(29)26(27(25)30)21-14-18(28(31,32)33)11-12-24(21)35-3/h4-15H,1-3H3. The lowest BCUT2D eigenvalue weighted by Crippen LogP contribution is -2.06. The molecule has 0 N–H and O–H groups in total. The molecule has 0 amide bonds. The van der Waals surface area contributed by atoms with E-state index < -0.39 is 28.9 Å². The highest BCUT2D eigenvalue weighted by Gasteiger charge is 2.33. The molecule has 4 rings (SSSR count). The Kier molecular flexibility index (Phi) is 6.52. The molecule has 0 aliphatic rings. The first kappa shape index (κ1) is 24.3. The zero-order valence-corrected chi connectivity index (χ0v) is 19.1. The van der Waals surface area contributed by atoms with Gasteiger partial charge in [-0.05, 0) is 48.4 Å². The zero-order chi connectivity index (χ0) is 25.3. The molecular weight excluding hydrogens is 463 g/mol. The highest BCUT2D eigenvalue weighted by Crippen LogP contribution is 2.46. The van der Waals surface area contributed by atoms with E-state index in [-0.39, 0.29) is 22.4 Å². The molecule has 0 spiro atoms. The third kappa shape index (κ3) is 4.58. The van der Waals surface area contributed by atoms with Crippen LogP contribution in [0.3, 0.4) is 0 Å². The molecule has 0 unspecified atom stereocenters. The first-order valence-corrected chi connectivity index (χ1v) is 10.6. The number of para-hydroxylation sites is 1. The molecule has 0 aliphatic heterocycles. The van der Waals surface area contributed by atoms with E-state index in [1.54, 1.807) is 42.5 Å². The highest BCUT2D eigenvalue weighted by molar-refractivity contribution is 5.91. The minimum absolute atomic E-state index is 0.0362. The summed E-state index contributed by atoms with van der Waals surface area (Å²) in [6.45, 7) is 1.82. The predicted molar refractivity (Wildman–Crippen MR) is 126 cm³/mol. The van der Waals surface area contributed by atoms with Crippen LogP contribution in [0.1, 0.15) is 11.1 Å². The van der Waals surface area contributed by atoms with Gasteiger partial charge in [0.2, 0.25) is 0 Å². The van der Waals surface area contributed by atoms with Crippen molar-refractivity contribution in [2.75, 3.05) is 14.2 Å². The number of alkyl halides is 3. The fraction of sp³-hybridized carbons (Fsp3) is 0.143. The second-order valence-corrected chi connectivity index (χ2v) is 7.95. The van der Waals surface area contributed by atoms with Crippen LogP contribution in [0.4, 0.5) is 22.0 Å². The summed E-state index contributed by atoms with van der Waals surface area (Å²) in [5.74, 6) is -1.73. The van der Waals surface area contributed by atoms with Crippen LogP contribution in [0.5, 0.6) is 11.5 Å². The number of ether oxygens (including phenoxy) is 2. The number of hydrogen-bond acceptors (Lipinski definition) is 2. The summed E-state index contributed by atoms with van der Waals surface area (Å²) in [4.78, 5) is 0. The van der Waals surface area contributed by atoms with Crippen LogP contribution in [-0.2, 0) is 6.18 Å². The van der Waals surface area contributed by atoms with E-state index >= 15 is 8.78 Å². The van der Waals surface area contributed by atoms with Gasteiger partial charge in [0.05, 0.1) is 25.3 Å². The maximum Gasteiger partial charge on any atom is 0.416 e. The van der Waals surface area contributed by atoms with Crippen molar-refractivity contribution >= 4 is 0 Å². The van der Waals surface area contributed by atoms with E-state index in [4.69, 9.17) is 9.47 Å². The van der Waals surface area contributed by atoms with Gasteiger partial charge < -0.3 is 9.47 Å². The van der Waals surface area contributed by atoms with Gasteiger partial charge in [0.25, 0.3) is 0 Å². The van der Waals surface area contributed by atoms with Crippen molar-refractivity contribution in [2.45, 2.75) is 13.1 Å². The monoisotopic (exact) mass is 484 g/mol. The molecule has 7 heteroatoms. The largest absolute Gasteiger partial charge is 0.496 e. The average molecular weight is 484 g/mol. The molecular formula is C28H21F5O2. The van der Waals surface area contributed by atoms with E-state index in [2.05, 4.69) is 0 Å². The van der Waals surface area contributed by atoms with Crippen molar-refractivity contribution in [3.63, 3.8) is 0 Å². The minimum Gasteiger partial charge on any atom is -0.496 e. The normalized spacial score (nSPS) is 11.4. The summed E-state index contributed by atoms with van der Waals surface area (Å²) in [5, 5.41) is 0. The Morgan fingerprint density at radius 3 is 2.00 bits per heavy atom. The van der Waals surface area contributed by atoms with Crippen LogP contribution in [-0.4, -0.2) is 14.2 Å². The van der Waals surface area contributed by atoms with Crippen molar-refractivity contribution in [1.29, 1.82) is 0 Å². The van der Waals surface area contributed by atoms with Gasteiger partial charge in [0.1, 0.15) is 23.1 Å². The molecule has 0 fully saturated rings. The van der Waals surface area contributed by atoms with Gasteiger partial charge in [-0.2, -0.15) is 13.2 Å². The number of methoxy groups -OCH3 is 2. The third-order valence-electron chi connectivity index (χ3n) is 5.72. The number of benzene rings is 4. The van der Waals surface area contributed by atoms with E-state index in [0.29, 0.717) is 22.9 Å². The van der Waals surface area contributed by atoms with E-state index in [9.17, 15) is 13.2 Å². The van der Waals surface area contributed by atoms with Gasteiger partial charge in [0.15, 0.2) is 0 Å². The van der Waals surface area contributed by atoms with Crippen molar-refractivity contribution in [3.05, 3.63) is 95.6 Å². The van der Waals surface area contributed by atoms with Crippen LogP contribution in [0.15, 0.2) is 72.8 Å². The van der Waals surface area contributed by atoms with Crippen molar-refractivity contribution in [2.24, 2.45) is 0 Å². The summed E-state index contributed by atoms with van der Waals surface area (Å²) in [6.07, 6.45) is -4.70. The van der Waals surface area contributed by atoms with Crippen molar-refractivity contribution < 1.29 is 31.4 Å². The number of rotatable bonds is 5. The summed E-state index contributed by atoms with van der Waals surface area (Å²) in [6, 6.07) is 17.4. The van der Waals surface area contributed by atoms with E-state index in [1.165, 1.54) is 14.2 Å². The zero-order valence-electron chi connectivity index (χ0n) is 19.1. The lowest BCUT2D eigenvalue weighted by atomic mass is 9.88. The van der Waals surface area contributed by atoms with E-state index in [0.717, 1.165) is 23.8 Å². The molecule has 0 bridgehead atoms. The second kappa shape index (κ2) is 9.41. The maximum atomic E-state index is 16.3. The number of hydrogen-bond donors (Lipinski definition) is 0. The van der Waals surface area contributed by atoms with Gasteiger partial charge in [0, 0.05) is 16.7 Å². The topological polar surface area (TPSA) is 18.5 Å². The Balaban J connectivity index is 2.11. The third-order valence-corrected chi connectivity index (χ3v) is 5.72. The Bertz CT molecular complexity index is 1390. The number of halogens is 5.